The van der Waals surface area contributed by atoms with Gasteiger partial charge < -0.3 is 5.73 Å². The van der Waals surface area contributed by atoms with Crippen LogP contribution in [-0.2, 0) is 6.42 Å². The summed E-state index contributed by atoms with van der Waals surface area (Å²) in [6.45, 7) is 2.20. The van der Waals surface area contributed by atoms with Gasteiger partial charge in [0.25, 0.3) is 0 Å². The molecule has 1 aliphatic heterocycles. The van der Waals surface area contributed by atoms with Gasteiger partial charge in [-0.25, -0.2) is 0 Å². The molecule has 0 bridgehead atoms. The molecule has 3 nitrogen and oxygen atoms in total. The molecule has 1 unspecified atom stereocenters. The lowest BCUT2D eigenvalue weighted by Crippen LogP contribution is -2.12. The number of nitrogens with zero attached hydrogens (tertiary/aromatic N) is 1. The van der Waals surface area contributed by atoms with Gasteiger partial charge in [-0.3, -0.25) is 10.4 Å². The molecule has 78 valence electrons. The maximum Gasteiger partial charge on any atom is 0.0950 e. The third kappa shape index (κ3) is 2.06. The Labute approximate surface area is 89.5 Å². The smallest absolute Gasteiger partial charge is 0.0950 e. The van der Waals surface area contributed by atoms with E-state index in [2.05, 4.69) is 18.0 Å². The molecule has 1 aliphatic rings. The molecule has 0 spiro atoms. The van der Waals surface area contributed by atoms with E-state index in [1.165, 1.54) is 5.56 Å². The number of hydrogen-bond acceptors (Lipinski definition) is 2. The van der Waals surface area contributed by atoms with Crippen molar-refractivity contribution in [2.75, 3.05) is 0 Å². The maximum atomic E-state index is 7.25. The standard InChI is InChI=1S/C12H15N3/c1-8-4-5-15-11-6-9(7-12(13)14)2-3-10(8)11/h2-3,5-6,8H,4,7H2,1H3,(H3,13,14). The number of nitrogens with one attached hydrogen (secondary N) is 1. The molecule has 2 rings (SSSR count). The highest BCUT2D eigenvalue weighted by Crippen LogP contribution is 2.32. The van der Waals surface area contributed by atoms with Gasteiger partial charge in [0, 0.05) is 12.6 Å². The summed E-state index contributed by atoms with van der Waals surface area (Å²) in [7, 11) is 0. The third-order valence-corrected chi connectivity index (χ3v) is 2.71. The van der Waals surface area contributed by atoms with Gasteiger partial charge in [-0.05, 0) is 29.5 Å². The van der Waals surface area contributed by atoms with E-state index in [1.54, 1.807) is 0 Å². The van der Waals surface area contributed by atoms with Gasteiger partial charge in [0.15, 0.2) is 0 Å². The Bertz CT molecular complexity index is 421. The second-order valence-electron chi connectivity index (χ2n) is 4.04. The first-order valence-electron chi connectivity index (χ1n) is 5.15. The number of amidine groups is 1. The van der Waals surface area contributed by atoms with Crippen molar-refractivity contribution in [2.24, 2.45) is 10.7 Å². The molecular weight excluding hydrogens is 186 g/mol. The number of hydrogen-bond donors (Lipinski definition) is 2. The fourth-order valence-corrected chi connectivity index (χ4v) is 1.88. The van der Waals surface area contributed by atoms with E-state index >= 15 is 0 Å². The first-order valence-corrected chi connectivity index (χ1v) is 5.15. The SMILES string of the molecule is CC1CC=Nc2cc(CC(=N)N)ccc21. The molecule has 15 heavy (non-hydrogen) atoms. The van der Waals surface area contributed by atoms with Gasteiger partial charge in [0.05, 0.1) is 11.5 Å². The van der Waals surface area contributed by atoms with Crippen molar-refractivity contribution in [3.63, 3.8) is 0 Å². The van der Waals surface area contributed by atoms with Crippen LogP contribution in [0.3, 0.4) is 0 Å². The first kappa shape index (κ1) is 9.90. The lowest BCUT2D eigenvalue weighted by atomic mass is 9.93. The summed E-state index contributed by atoms with van der Waals surface area (Å²) in [6, 6.07) is 6.18. The highest BCUT2D eigenvalue weighted by atomic mass is 14.7. The molecule has 0 fully saturated rings. The Balaban J connectivity index is 2.34. The molecule has 3 heteroatoms. The zero-order valence-corrected chi connectivity index (χ0v) is 8.83. The first-order chi connectivity index (χ1) is 7.16. The summed E-state index contributed by atoms with van der Waals surface area (Å²) in [4.78, 5) is 4.38. The van der Waals surface area contributed by atoms with E-state index in [-0.39, 0.29) is 5.84 Å². The van der Waals surface area contributed by atoms with Crippen molar-refractivity contribution in [1.29, 1.82) is 5.41 Å². The molecule has 0 radical (unpaired) electrons. The van der Waals surface area contributed by atoms with Gasteiger partial charge >= 0.3 is 0 Å². The number of nitrogens with two attached hydrogens (primary N) is 1. The van der Waals surface area contributed by atoms with Crippen LogP contribution in [0, 0.1) is 5.41 Å². The molecule has 0 amide bonds. The Morgan fingerprint density at radius 3 is 3.13 bits per heavy atom. The topological polar surface area (TPSA) is 62.2 Å². The summed E-state index contributed by atoms with van der Waals surface area (Å²) in [5.74, 6) is 0.742. The summed E-state index contributed by atoms with van der Waals surface area (Å²) < 4.78 is 0. The maximum absolute atomic E-state index is 7.25. The van der Waals surface area contributed by atoms with Gasteiger partial charge in [-0.15, -0.1) is 0 Å². The average molecular weight is 201 g/mol. The van der Waals surface area contributed by atoms with Crippen LogP contribution in [0.5, 0.6) is 0 Å². The highest BCUT2D eigenvalue weighted by Gasteiger charge is 2.13. The third-order valence-electron chi connectivity index (χ3n) is 2.71. The molecule has 0 aromatic heterocycles. The molecule has 1 aromatic rings. The van der Waals surface area contributed by atoms with Crippen molar-refractivity contribution in [1.82, 2.24) is 0 Å². The zero-order chi connectivity index (χ0) is 10.8. The zero-order valence-electron chi connectivity index (χ0n) is 8.83. The van der Waals surface area contributed by atoms with Crippen molar-refractivity contribution in [3.05, 3.63) is 29.3 Å². The quantitative estimate of drug-likeness (QED) is 0.560. The molecule has 0 saturated heterocycles. The summed E-state index contributed by atoms with van der Waals surface area (Å²) in [5, 5.41) is 7.25. The number of fused-ring (bicyclic) bond motifs is 1. The van der Waals surface area contributed by atoms with Crippen LogP contribution in [0.15, 0.2) is 23.2 Å². The van der Waals surface area contributed by atoms with E-state index in [4.69, 9.17) is 11.1 Å². The van der Waals surface area contributed by atoms with Crippen molar-refractivity contribution < 1.29 is 0 Å². The van der Waals surface area contributed by atoms with Gasteiger partial charge in [0.1, 0.15) is 0 Å². The molecule has 1 atom stereocenters. The number of benzene rings is 1. The number of aliphatic imine (C=N–C) groups is 1. The Morgan fingerprint density at radius 1 is 1.60 bits per heavy atom. The van der Waals surface area contributed by atoms with Crippen LogP contribution in [-0.4, -0.2) is 12.1 Å². The van der Waals surface area contributed by atoms with Gasteiger partial charge in [-0.1, -0.05) is 19.1 Å². The molecule has 3 N–H and O–H groups in total. The predicted octanol–water partition coefficient (Wildman–Crippen LogP) is 2.37. The van der Waals surface area contributed by atoms with Crippen LogP contribution in [0.4, 0.5) is 5.69 Å². The van der Waals surface area contributed by atoms with Crippen molar-refractivity contribution >= 4 is 17.7 Å². The minimum Gasteiger partial charge on any atom is -0.387 e. The lowest BCUT2D eigenvalue weighted by Gasteiger charge is -2.17. The fourth-order valence-electron chi connectivity index (χ4n) is 1.88. The van der Waals surface area contributed by atoms with Crippen LogP contribution in [0.25, 0.3) is 0 Å². The minimum atomic E-state index is 0.197. The lowest BCUT2D eigenvalue weighted by molar-refractivity contribution is 0.801. The molecule has 0 saturated carbocycles. The van der Waals surface area contributed by atoms with Crippen LogP contribution < -0.4 is 5.73 Å². The second kappa shape index (κ2) is 3.85. The minimum absolute atomic E-state index is 0.197. The molecule has 0 aliphatic carbocycles. The normalized spacial score (nSPS) is 18.6. The monoisotopic (exact) mass is 201 g/mol. The van der Waals surface area contributed by atoms with Crippen molar-refractivity contribution in [3.8, 4) is 0 Å². The number of rotatable bonds is 2. The van der Waals surface area contributed by atoms with Crippen molar-refractivity contribution in [2.45, 2.75) is 25.7 Å². The van der Waals surface area contributed by atoms with Crippen LogP contribution in [0.2, 0.25) is 0 Å². The summed E-state index contributed by atoms with van der Waals surface area (Å²) in [5.41, 5.74) is 8.77. The summed E-state index contributed by atoms with van der Waals surface area (Å²) in [6.07, 6.45) is 3.49. The Kier molecular flexibility index (Phi) is 2.54. The van der Waals surface area contributed by atoms with Crippen LogP contribution in [0.1, 0.15) is 30.4 Å². The predicted molar refractivity (Wildman–Crippen MR) is 63.2 cm³/mol. The van der Waals surface area contributed by atoms with Gasteiger partial charge in [-0.2, -0.15) is 0 Å². The Hall–Kier alpha value is -1.64. The molecule has 1 aromatic carbocycles. The highest BCUT2D eigenvalue weighted by molar-refractivity contribution is 5.80. The van der Waals surface area contributed by atoms with E-state index in [1.807, 2.05) is 18.3 Å². The average Bonchev–Trinajstić information content (AvgIpc) is 2.17. The molecular formula is C12H15N3. The van der Waals surface area contributed by atoms with E-state index in [9.17, 15) is 0 Å². The second-order valence-corrected chi connectivity index (χ2v) is 4.04. The van der Waals surface area contributed by atoms with Gasteiger partial charge in [0.2, 0.25) is 0 Å². The Morgan fingerprint density at radius 2 is 2.40 bits per heavy atom. The largest absolute Gasteiger partial charge is 0.387 e. The summed E-state index contributed by atoms with van der Waals surface area (Å²) >= 11 is 0. The van der Waals surface area contributed by atoms with E-state index < -0.39 is 0 Å². The van der Waals surface area contributed by atoms with E-state index in [0.29, 0.717) is 12.3 Å². The van der Waals surface area contributed by atoms with E-state index in [0.717, 1.165) is 17.7 Å². The molecule has 1 heterocycles. The van der Waals surface area contributed by atoms with Crippen LogP contribution >= 0.6 is 0 Å². The fraction of sp³-hybridized carbons (Fsp3) is 0.333.